The normalized spacial score (nSPS) is 19.8. The summed E-state index contributed by atoms with van der Waals surface area (Å²) in [5.41, 5.74) is 0.0572. The Balaban J connectivity index is 1.98. The van der Waals surface area contributed by atoms with Crippen molar-refractivity contribution in [3.05, 3.63) is 34.1 Å². The van der Waals surface area contributed by atoms with Gasteiger partial charge in [-0.2, -0.15) is 0 Å². The van der Waals surface area contributed by atoms with E-state index in [0.29, 0.717) is 18.8 Å². The van der Waals surface area contributed by atoms with E-state index in [1.54, 1.807) is 0 Å². The number of nitro groups is 1. The van der Waals surface area contributed by atoms with E-state index < -0.39 is 10.7 Å². The average Bonchev–Trinajstić information content (AvgIpc) is 2.46. The fourth-order valence-corrected chi connectivity index (χ4v) is 2.22. The van der Waals surface area contributed by atoms with Crippen LogP contribution in [-0.2, 0) is 4.74 Å². The molecule has 6 nitrogen and oxygen atoms in total. The van der Waals surface area contributed by atoms with Gasteiger partial charge in [-0.25, -0.2) is 4.39 Å². The van der Waals surface area contributed by atoms with Crippen molar-refractivity contribution in [2.24, 2.45) is 0 Å². The minimum Gasteiger partial charge on any atom is -0.377 e. The molecule has 0 saturated carbocycles. The third-order valence-corrected chi connectivity index (χ3v) is 3.35. The summed E-state index contributed by atoms with van der Waals surface area (Å²) in [6.45, 7) is 5.86. The second-order valence-corrected chi connectivity index (χ2v) is 4.69. The summed E-state index contributed by atoms with van der Waals surface area (Å²) in [7, 11) is 0. The lowest BCUT2D eigenvalue weighted by molar-refractivity contribution is -0.384. The number of nitrogens with one attached hydrogen (secondary N) is 1. The van der Waals surface area contributed by atoms with E-state index in [-0.39, 0.29) is 11.8 Å². The first-order valence-corrected chi connectivity index (χ1v) is 6.62. The lowest BCUT2D eigenvalue weighted by Gasteiger charge is -2.32. The van der Waals surface area contributed by atoms with Gasteiger partial charge >= 0.3 is 0 Å². The Bertz CT molecular complexity index is 484. The first-order chi connectivity index (χ1) is 9.60. The van der Waals surface area contributed by atoms with Gasteiger partial charge in [0.05, 0.1) is 23.7 Å². The molecule has 1 aromatic rings. The summed E-state index contributed by atoms with van der Waals surface area (Å²) in [6.07, 6.45) is -0.0200. The quantitative estimate of drug-likeness (QED) is 0.660. The summed E-state index contributed by atoms with van der Waals surface area (Å²) in [5, 5.41) is 13.9. The molecular formula is C13H18FN3O3. The van der Waals surface area contributed by atoms with Crippen molar-refractivity contribution in [1.82, 2.24) is 4.90 Å². The molecule has 1 aliphatic rings. The van der Waals surface area contributed by atoms with Gasteiger partial charge in [0.25, 0.3) is 5.69 Å². The number of likely N-dealkylation sites (N-methyl/N-ethyl adjacent to an activating group) is 1. The van der Waals surface area contributed by atoms with Crippen molar-refractivity contribution >= 4 is 11.4 Å². The zero-order chi connectivity index (χ0) is 14.5. The van der Waals surface area contributed by atoms with E-state index in [1.165, 1.54) is 12.1 Å². The number of hydrogen-bond donors (Lipinski definition) is 1. The molecule has 1 unspecified atom stereocenters. The number of hydrogen-bond acceptors (Lipinski definition) is 5. The maximum Gasteiger partial charge on any atom is 0.295 e. The van der Waals surface area contributed by atoms with Crippen LogP contribution in [0.25, 0.3) is 0 Å². The number of rotatable bonds is 5. The molecule has 0 aromatic heterocycles. The molecule has 1 atom stereocenters. The van der Waals surface area contributed by atoms with E-state index in [2.05, 4.69) is 17.1 Å². The lowest BCUT2D eigenvalue weighted by atomic mass is 10.2. The first-order valence-electron chi connectivity index (χ1n) is 6.62. The maximum atomic E-state index is 13.0. The summed E-state index contributed by atoms with van der Waals surface area (Å²) < 4.78 is 18.6. The summed E-state index contributed by atoms with van der Waals surface area (Å²) in [6, 6.07) is 3.51. The molecule has 0 bridgehead atoms. The Morgan fingerprint density at radius 1 is 1.60 bits per heavy atom. The first kappa shape index (κ1) is 14.7. The summed E-state index contributed by atoms with van der Waals surface area (Å²) in [4.78, 5) is 12.5. The Morgan fingerprint density at radius 2 is 2.40 bits per heavy atom. The van der Waals surface area contributed by atoms with Crippen molar-refractivity contribution in [3.63, 3.8) is 0 Å². The predicted octanol–water partition coefficient (Wildman–Crippen LogP) is 1.87. The van der Waals surface area contributed by atoms with Crippen LogP contribution in [0.5, 0.6) is 0 Å². The third kappa shape index (κ3) is 3.64. The molecule has 20 heavy (non-hydrogen) atoms. The van der Waals surface area contributed by atoms with Gasteiger partial charge in [-0.15, -0.1) is 0 Å². The molecular weight excluding hydrogens is 265 g/mol. The van der Waals surface area contributed by atoms with Gasteiger partial charge in [0, 0.05) is 19.6 Å². The van der Waals surface area contributed by atoms with E-state index >= 15 is 0 Å². The molecule has 1 aliphatic heterocycles. The third-order valence-electron chi connectivity index (χ3n) is 3.35. The average molecular weight is 283 g/mol. The molecule has 0 aliphatic carbocycles. The Labute approximate surface area is 116 Å². The van der Waals surface area contributed by atoms with Crippen LogP contribution in [0.15, 0.2) is 18.2 Å². The summed E-state index contributed by atoms with van der Waals surface area (Å²) >= 11 is 0. The highest BCUT2D eigenvalue weighted by Gasteiger charge is 2.21. The van der Waals surface area contributed by atoms with E-state index in [4.69, 9.17) is 4.74 Å². The molecule has 1 saturated heterocycles. The van der Waals surface area contributed by atoms with Crippen molar-refractivity contribution in [3.8, 4) is 0 Å². The van der Waals surface area contributed by atoms with Crippen LogP contribution in [0.3, 0.4) is 0 Å². The van der Waals surface area contributed by atoms with Crippen LogP contribution in [0.2, 0.25) is 0 Å². The fraction of sp³-hybridized carbons (Fsp3) is 0.538. The van der Waals surface area contributed by atoms with Gasteiger partial charge in [-0.3, -0.25) is 15.0 Å². The zero-order valence-corrected chi connectivity index (χ0v) is 11.3. The molecule has 0 spiro atoms. The highest BCUT2D eigenvalue weighted by Crippen LogP contribution is 2.25. The van der Waals surface area contributed by atoms with Gasteiger partial charge < -0.3 is 10.1 Å². The van der Waals surface area contributed by atoms with E-state index in [0.717, 1.165) is 25.7 Å². The van der Waals surface area contributed by atoms with Gasteiger partial charge in [-0.05, 0) is 18.7 Å². The standard InChI is InChI=1S/C13H18FN3O3/c1-2-16-5-6-20-11(9-16)8-15-12-4-3-10(14)7-13(12)17(18)19/h3-4,7,11,15H,2,5-6,8-9H2,1H3. The van der Waals surface area contributed by atoms with Crippen LogP contribution in [0.4, 0.5) is 15.8 Å². The molecule has 1 aromatic carbocycles. The summed E-state index contributed by atoms with van der Waals surface area (Å²) in [5.74, 6) is -0.617. The second-order valence-electron chi connectivity index (χ2n) is 4.69. The molecule has 1 N–H and O–H groups in total. The molecule has 1 heterocycles. The highest BCUT2D eigenvalue weighted by atomic mass is 19.1. The topological polar surface area (TPSA) is 67.6 Å². The van der Waals surface area contributed by atoms with Crippen molar-refractivity contribution < 1.29 is 14.1 Å². The Morgan fingerprint density at radius 3 is 3.10 bits per heavy atom. The smallest absolute Gasteiger partial charge is 0.295 e. The van der Waals surface area contributed by atoms with Gasteiger partial charge in [-0.1, -0.05) is 6.92 Å². The van der Waals surface area contributed by atoms with Crippen molar-refractivity contribution in [1.29, 1.82) is 0 Å². The highest BCUT2D eigenvalue weighted by molar-refractivity contribution is 5.61. The van der Waals surface area contributed by atoms with Crippen LogP contribution in [0.1, 0.15) is 6.92 Å². The second kappa shape index (κ2) is 6.62. The molecule has 1 fully saturated rings. The van der Waals surface area contributed by atoms with Crippen LogP contribution in [-0.4, -0.2) is 48.7 Å². The minimum atomic E-state index is -0.617. The number of anilines is 1. The van der Waals surface area contributed by atoms with Gasteiger partial charge in [0.15, 0.2) is 0 Å². The Hall–Kier alpha value is -1.73. The van der Waals surface area contributed by atoms with Gasteiger partial charge in [0.2, 0.25) is 0 Å². The zero-order valence-electron chi connectivity index (χ0n) is 11.3. The van der Waals surface area contributed by atoms with Crippen LogP contribution in [0, 0.1) is 15.9 Å². The van der Waals surface area contributed by atoms with E-state index in [9.17, 15) is 14.5 Å². The van der Waals surface area contributed by atoms with Gasteiger partial charge in [0.1, 0.15) is 11.5 Å². The number of halogens is 1. The number of nitro benzene ring substituents is 1. The molecule has 7 heteroatoms. The number of nitrogens with zero attached hydrogens (tertiary/aromatic N) is 2. The SMILES string of the molecule is CCN1CCOC(CNc2ccc(F)cc2[N+](=O)[O-])C1. The number of benzene rings is 1. The number of morpholine rings is 1. The molecule has 2 rings (SSSR count). The minimum absolute atomic E-state index is 0.0200. The monoisotopic (exact) mass is 283 g/mol. The van der Waals surface area contributed by atoms with Crippen molar-refractivity contribution in [2.75, 3.05) is 38.1 Å². The lowest BCUT2D eigenvalue weighted by Crippen LogP contribution is -2.45. The molecule has 110 valence electrons. The van der Waals surface area contributed by atoms with Crippen LogP contribution >= 0.6 is 0 Å². The fourth-order valence-electron chi connectivity index (χ4n) is 2.22. The maximum absolute atomic E-state index is 13.0. The van der Waals surface area contributed by atoms with Crippen LogP contribution < -0.4 is 5.32 Å². The van der Waals surface area contributed by atoms with Crippen molar-refractivity contribution in [2.45, 2.75) is 13.0 Å². The Kier molecular flexibility index (Phi) is 4.86. The number of ether oxygens (including phenoxy) is 1. The molecule has 0 amide bonds. The largest absolute Gasteiger partial charge is 0.377 e. The molecule has 0 radical (unpaired) electrons. The van der Waals surface area contributed by atoms with E-state index in [1.807, 2.05) is 0 Å². The predicted molar refractivity (Wildman–Crippen MR) is 73.4 cm³/mol.